The Morgan fingerprint density at radius 3 is 2.14 bits per heavy atom. The van der Waals surface area contributed by atoms with Gasteiger partial charge in [-0.25, -0.2) is 8.78 Å². The molecular formula is C24H26F4O. The van der Waals surface area contributed by atoms with Crippen molar-refractivity contribution in [1.29, 1.82) is 0 Å². The number of rotatable bonds is 4. The van der Waals surface area contributed by atoms with Crippen molar-refractivity contribution in [3.05, 3.63) is 53.6 Å². The minimum Gasteiger partial charge on any atom is -0.435 e. The molecule has 2 fully saturated rings. The van der Waals surface area contributed by atoms with Gasteiger partial charge in [0.1, 0.15) is 17.4 Å². The van der Waals surface area contributed by atoms with Crippen molar-refractivity contribution in [2.75, 3.05) is 0 Å². The SMILES string of the molecule is CC1CCC2CC(c3cc(F)c(-c4ccc(OC(F)F)cc4)c(F)c3)CCC2C1. The van der Waals surface area contributed by atoms with Gasteiger partial charge in [0.05, 0.1) is 5.56 Å². The van der Waals surface area contributed by atoms with Crippen LogP contribution in [0.15, 0.2) is 36.4 Å². The second kappa shape index (κ2) is 8.37. The fourth-order valence-electron chi connectivity index (χ4n) is 5.33. The second-order valence-corrected chi connectivity index (χ2v) is 8.71. The molecule has 0 spiro atoms. The monoisotopic (exact) mass is 406 g/mol. The lowest BCUT2D eigenvalue weighted by Crippen LogP contribution is -2.29. The minimum atomic E-state index is -2.93. The summed E-state index contributed by atoms with van der Waals surface area (Å²) in [6.45, 7) is -0.617. The van der Waals surface area contributed by atoms with Gasteiger partial charge in [0.2, 0.25) is 0 Å². The van der Waals surface area contributed by atoms with Gasteiger partial charge in [-0.15, -0.1) is 0 Å². The van der Waals surface area contributed by atoms with E-state index in [0.717, 1.165) is 36.7 Å². The third kappa shape index (κ3) is 4.44. The molecule has 5 heteroatoms. The molecule has 2 aromatic rings. The van der Waals surface area contributed by atoms with Crippen molar-refractivity contribution >= 4 is 0 Å². The molecule has 4 rings (SSSR count). The normalized spacial score (nSPS) is 27.0. The second-order valence-electron chi connectivity index (χ2n) is 8.71. The van der Waals surface area contributed by atoms with Crippen LogP contribution in [0.4, 0.5) is 17.6 Å². The van der Waals surface area contributed by atoms with Crippen LogP contribution in [-0.2, 0) is 0 Å². The first-order valence-electron chi connectivity index (χ1n) is 10.4. The van der Waals surface area contributed by atoms with E-state index in [-0.39, 0.29) is 17.2 Å². The van der Waals surface area contributed by atoms with Crippen molar-refractivity contribution in [3.8, 4) is 16.9 Å². The van der Waals surface area contributed by atoms with Gasteiger partial charge >= 0.3 is 6.61 Å². The molecule has 0 heterocycles. The van der Waals surface area contributed by atoms with E-state index in [4.69, 9.17) is 0 Å². The molecule has 29 heavy (non-hydrogen) atoms. The van der Waals surface area contributed by atoms with Crippen LogP contribution in [0.5, 0.6) is 5.75 Å². The number of halogens is 4. The van der Waals surface area contributed by atoms with E-state index in [9.17, 15) is 17.6 Å². The van der Waals surface area contributed by atoms with E-state index < -0.39 is 18.2 Å². The summed E-state index contributed by atoms with van der Waals surface area (Å²) in [4.78, 5) is 0. The lowest BCUT2D eigenvalue weighted by molar-refractivity contribution is -0.0498. The largest absolute Gasteiger partial charge is 0.435 e. The maximum Gasteiger partial charge on any atom is 0.387 e. The van der Waals surface area contributed by atoms with Crippen LogP contribution in [0.2, 0.25) is 0 Å². The van der Waals surface area contributed by atoms with Crippen LogP contribution in [0.1, 0.15) is 56.9 Å². The van der Waals surface area contributed by atoms with E-state index >= 15 is 0 Å². The fraction of sp³-hybridized carbons (Fsp3) is 0.500. The molecule has 0 aliphatic heterocycles. The van der Waals surface area contributed by atoms with Gasteiger partial charge in [-0.2, -0.15) is 8.78 Å². The summed E-state index contributed by atoms with van der Waals surface area (Å²) in [7, 11) is 0. The molecule has 0 amide bonds. The zero-order valence-electron chi connectivity index (χ0n) is 16.5. The fourth-order valence-corrected chi connectivity index (χ4v) is 5.33. The highest BCUT2D eigenvalue weighted by atomic mass is 19.3. The first kappa shape index (κ1) is 20.2. The molecule has 4 atom stereocenters. The Bertz CT molecular complexity index is 825. The Hall–Kier alpha value is -2.04. The molecule has 4 unspecified atom stereocenters. The molecule has 2 aliphatic carbocycles. The van der Waals surface area contributed by atoms with Gasteiger partial charge in [0, 0.05) is 0 Å². The van der Waals surface area contributed by atoms with Gasteiger partial charge in [0.15, 0.2) is 0 Å². The Labute approximate surface area is 169 Å². The zero-order chi connectivity index (χ0) is 20.5. The van der Waals surface area contributed by atoms with E-state index in [2.05, 4.69) is 11.7 Å². The Kier molecular flexibility index (Phi) is 5.84. The summed E-state index contributed by atoms with van der Waals surface area (Å²) in [5, 5.41) is 0. The smallest absolute Gasteiger partial charge is 0.387 e. The number of hydrogen-bond donors (Lipinski definition) is 0. The van der Waals surface area contributed by atoms with Gasteiger partial charge in [-0.3, -0.25) is 0 Å². The summed E-state index contributed by atoms with van der Waals surface area (Å²) in [5.41, 5.74) is 0.911. The van der Waals surface area contributed by atoms with Gasteiger partial charge < -0.3 is 4.74 Å². The van der Waals surface area contributed by atoms with Crippen molar-refractivity contribution in [2.45, 2.75) is 58.0 Å². The molecule has 156 valence electrons. The van der Waals surface area contributed by atoms with Gasteiger partial charge in [0.25, 0.3) is 0 Å². The number of benzene rings is 2. The summed E-state index contributed by atoms with van der Waals surface area (Å²) in [6.07, 6.45) is 6.88. The summed E-state index contributed by atoms with van der Waals surface area (Å²) in [5.74, 6) is 1.16. The maximum atomic E-state index is 14.9. The topological polar surface area (TPSA) is 9.23 Å². The highest BCUT2D eigenvalue weighted by Crippen LogP contribution is 2.48. The number of alkyl halides is 2. The Morgan fingerprint density at radius 2 is 1.48 bits per heavy atom. The van der Waals surface area contributed by atoms with Gasteiger partial charge in [-0.05, 0) is 91.2 Å². The molecule has 2 saturated carbocycles. The predicted octanol–water partition coefficient (Wildman–Crippen LogP) is 7.55. The number of fused-ring (bicyclic) bond motifs is 1. The lowest BCUT2D eigenvalue weighted by atomic mass is 9.64. The third-order valence-corrected chi connectivity index (χ3v) is 6.78. The molecule has 0 aromatic heterocycles. The molecule has 2 aromatic carbocycles. The average molecular weight is 406 g/mol. The van der Waals surface area contributed by atoms with Gasteiger partial charge in [-0.1, -0.05) is 25.5 Å². The molecule has 0 radical (unpaired) electrons. The lowest BCUT2D eigenvalue weighted by Gasteiger charge is -2.41. The first-order chi connectivity index (χ1) is 13.9. The average Bonchev–Trinajstić information content (AvgIpc) is 2.68. The van der Waals surface area contributed by atoms with E-state index in [0.29, 0.717) is 11.5 Å². The Balaban J connectivity index is 1.53. The summed E-state index contributed by atoms with van der Waals surface area (Å²) >= 11 is 0. The van der Waals surface area contributed by atoms with Crippen LogP contribution in [0.3, 0.4) is 0 Å². The van der Waals surface area contributed by atoms with E-state index in [1.807, 2.05) is 0 Å². The highest BCUT2D eigenvalue weighted by molar-refractivity contribution is 5.66. The first-order valence-corrected chi connectivity index (χ1v) is 10.4. The molecule has 0 saturated heterocycles. The van der Waals surface area contributed by atoms with E-state index in [1.165, 1.54) is 55.7 Å². The summed E-state index contributed by atoms with van der Waals surface area (Å²) < 4.78 is 58.6. The highest BCUT2D eigenvalue weighted by Gasteiger charge is 2.35. The van der Waals surface area contributed by atoms with Crippen molar-refractivity contribution in [1.82, 2.24) is 0 Å². The molecular weight excluding hydrogens is 380 g/mol. The van der Waals surface area contributed by atoms with Crippen LogP contribution in [0, 0.1) is 29.4 Å². The van der Waals surface area contributed by atoms with Crippen molar-refractivity contribution in [3.63, 3.8) is 0 Å². The van der Waals surface area contributed by atoms with Crippen molar-refractivity contribution in [2.24, 2.45) is 17.8 Å². The van der Waals surface area contributed by atoms with E-state index in [1.54, 1.807) is 0 Å². The van der Waals surface area contributed by atoms with Crippen LogP contribution in [0.25, 0.3) is 11.1 Å². The molecule has 1 nitrogen and oxygen atoms in total. The molecule has 0 bridgehead atoms. The van der Waals surface area contributed by atoms with Crippen molar-refractivity contribution < 1.29 is 22.3 Å². The standard InChI is InChI=1S/C24H26F4O/c1-14-2-3-17-11-18(5-4-16(17)10-14)19-12-21(25)23(22(26)13-19)15-6-8-20(9-7-15)29-24(27)28/h6-9,12-14,16-18,24H,2-5,10-11H2,1H3. The molecule has 2 aliphatic rings. The molecule has 0 N–H and O–H groups in total. The number of ether oxygens (including phenoxy) is 1. The maximum absolute atomic E-state index is 14.9. The third-order valence-electron chi connectivity index (χ3n) is 6.78. The summed E-state index contributed by atoms with van der Waals surface area (Å²) in [6, 6.07) is 8.29. The van der Waals surface area contributed by atoms with Crippen LogP contribution >= 0.6 is 0 Å². The minimum absolute atomic E-state index is 0.0419. The zero-order valence-corrected chi connectivity index (χ0v) is 16.5. The Morgan fingerprint density at radius 1 is 0.862 bits per heavy atom. The quantitative estimate of drug-likeness (QED) is 0.476. The van der Waals surface area contributed by atoms with Crippen LogP contribution < -0.4 is 4.74 Å². The predicted molar refractivity (Wildman–Crippen MR) is 105 cm³/mol. The number of hydrogen-bond acceptors (Lipinski definition) is 1. The van der Waals surface area contributed by atoms with Crippen LogP contribution in [-0.4, -0.2) is 6.61 Å².